The van der Waals surface area contributed by atoms with Crippen LogP contribution in [-0.2, 0) is 14.4 Å². The first-order chi connectivity index (χ1) is 10.6. The summed E-state index contributed by atoms with van der Waals surface area (Å²) in [4.78, 5) is 46.8. The predicted molar refractivity (Wildman–Crippen MR) is 78.7 cm³/mol. The number of rotatable bonds is 5. The van der Waals surface area contributed by atoms with E-state index in [-0.39, 0.29) is 24.7 Å². The van der Waals surface area contributed by atoms with Gasteiger partial charge < -0.3 is 5.32 Å². The van der Waals surface area contributed by atoms with Gasteiger partial charge in [-0.05, 0) is 32.1 Å². The molecule has 0 saturated carbocycles. The minimum atomic E-state index is -0.655. The van der Waals surface area contributed by atoms with Gasteiger partial charge in [0, 0.05) is 19.4 Å². The van der Waals surface area contributed by atoms with Crippen LogP contribution in [0.3, 0.4) is 0 Å². The van der Waals surface area contributed by atoms with Crippen LogP contribution < -0.4 is 10.6 Å². The van der Waals surface area contributed by atoms with Crippen LogP contribution in [0.4, 0.5) is 4.79 Å². The summed E-state index contributed by atoms with van der Waals surface area (Å²) in [5, 5.41) is 4.74. The molecule has 0 aromatic carbocycles. The van der Waals surface area contributed by atoms with Crippen molar-refractivity contribution >= 4 is 23.8 Å². The van der Waals surface area contributed by atoms with E-state index in [1.807, 2.05) is 0 Å². The van der Waals surface area contributed by atoms with E-state index in [4.69, 9.17) is 0 Å². The molecule has 0 aromatic rings. The summed E-state index contributed by atoms with van der Waals surface area (Å²) in [5.74, 6) is -1.40. The van der Waals surface area contributed by atoms with Crippen molar-refractivity contribution < 1.29 is 19.2 Å². The van der Waals surface area contributed by atoms with Crippen LogP contribution in [0.5, 0.6) is 0 Å². The van der Waals surface area contributed by atoms with Gasteiger partial charge in [-0.3, -0.25) is 24.6 Å². The molecule has 0 spiro atoms. The lowest BCUT2D eigenvalue weighted by Crippen LogP contribution is -2.46. The van der Waals surface area contributed by atoms with Gasteiger partial charge in [0.1, 0.15) is 6.54 Å². The van der Waals surface area contributed by atoms with E-state index in [0.717, 1.165) is 24.2 Å². The Morgan fingerprint density at radius 3 is 2.45 bits per heavy atom. The molecule has 1 aliphatic heterocycles. The monoisotopic (exact) mass is 307 g/mol. The molecule has 0 atom stereocenters. The summed E-state index contributed by atoms with van der Waals surface area (Å²) >= 11 is 0. The highest BCUT2D eigenvalue weighted by Gasteiger charge is 2.30. The Kier molecular flexibility index (Phi) is 5.68. The molecule has 2 rings (SSSR count). The van der Waals surface area contributed by atoms with Gasteiger partial charge >= 0.3 is 6.03 Å². The average Bonchev–Trinajstić information content (AvgIpc) is 2.80. The summed E-state index contributed by atoms with van der Waals surface area (Å²) < 4.78 is 0. The summed E-state index contributed by atoms with van der Waals surface area (Å²) in [7, 11) is 0. The highest BCUT2D eigenvalue weighted by atomic mass is 16.2. The molecule has 1 saturated heterocycles. The Morgan fingerprint density at radius 2 is 1.82 bits per heavy atom. The third kappa shape index (κ3) is 4.68. The topological polar surface area (TPSA) is 95.6 Å². The number of likely N-dealkylation sites (tertiary alicyclic amines) is 1. The second-order valence-electron chi connectivity index (χ2n) is 5.54. The lowest BCUT2D eigenvalue weighted by molar-refractivity contribution is -0.142. The molecular formula is C15H21N3O4. The lowest BCUT2D eigenvalue weighted by atomic mass is 9.97. The van der Waals surface area contributed by atoms with Gasteiger partial charge in [-0.2, -0.15) is 0 Å². The summed E-state index contributed by atoms with van der Waals surface area (Å²) in [6.45, 7) is 0.0722. The smallest absolute Gasteiger partial charge is 0.321 e. The van der Waals surface area contributed by atoms with E-state index in [1.165, 1.54) is 18.4 Å². The van der Waals surface area contributed by atoms with Gasteiger partial charge in [-0.15, -0.1) is 0 Å². The fourth-order valence-corrected chi connectivity index (χ4v) is 2.62. The number of imide groups is 2. The van der Waals surface area contributed by atoms with Gasteiger partial charge in [-0.1, -0.05) is 11.6 Å². The molecule has 0 aromatic heterocycles. The van der Waals surface area contributed by atoms with Crippen LogP contribution in [0, 0.1) is 0 Å². The molecule has 7 nitrogen and oxygen atoms in total. The first-order valence-corrected chi connectivity index (χ1v) is 7.65. The summed E-state index contributed by atoms with van der Waals surface area (Å²) in [6, 6.07) is -0.597. The number of nitrogens with one attached hydrogen (secondary N) is 2. The van der Waals surface area contributed by atoms with Gasteiger partial charge in [-0.25, -0.2) is 4.79 Å². The van der Waals surface area contributed by atoms with E-state index in [2.05, 4.69) is 16.7 Å². The van der Waals surface area contributed by atoms with Gasteiger partial charge in [0.05, 0.1) is 0 Å². The first-order valence-electron chi connectivity index (χ1n) is 7.65. The Morgan fingerprint density at radius 1 is 1.09 bits per heavy atom. The van der Waals surface area contributed by atoms with Gasteiger partial charge in [0.25, 0.3) is 0 Å². The zero-order valence-electron chi connectivity index (χ0n) is 12.5. The number of carbonyl (C=O) groups is 4. The maximum atomic E-state index is 11.6. The molecule has 2 aliphatic rings. The van der Waals surface area contributed by atoms with Crippen molar-refractivity contribution in [1.29, 1.82) is 0 Å². The molecule has 0 radical (unpaired) electrons. The van der Waals surface area contributed by atoms with Crippen molar-refractivity contribution in [1.82, 2.24) is 15.5 Å². The minimum absolute atomic E-state index is 0.132. The van der Waals surface area contributed by atoms with E-state index in [0.29, 0.717) is 6.54 Å². The van der Waals surface area contributed by atoms with Crippen LogP contribution in [0.1, 0.15) is 44.9 Å². The van der Waals surface area contributed by atoms with Crippen LogP contribution in [0.2, 0.25) is 0 Å². The van der Waals surface area contributed by atoms with Crippen LogP contribution in [0.25, 0.3) is 0 Å². The third-order valence-electron chi connectivity index (χ3n) is 3.83. The number of hydrogen-bond acceptors (Lipinski definition) is 4. The molecule has 1 heterocycles. The molecule has 0 bridgehead atoms. The Hall–Kier alpha value is -2.18. The molecule has 120 valence electrons. The molecule has 2 N–H and O–H groups in total. The second-order valence-corrected chi connectivity index (χ2v) is 5.54. The van der Waals surface area contributed by atoms with E-state index in [1.54, 1.807) is 0 Å². The Balaban J connectivity index is 1.65. The lowest BCUT2D eigenvalue weighted by Gasteiger charge is -2.14. The van der Waals surface area contributed by atoms with Crippen LogP contribution in [0.15, 0.2) is 11.6 Å². The largest absolute Gasteiger partial charge is 0.337 e. The maximum absolute atomic E-state index is 11.6. The number of carbonyl (C=O) groups excluding carboxylic acids is 4. The zero-order valence-corrected chi connectivity index (χ0v) is 12.5. The number of nitrogens with zero attached hydrogens (tertiary/aromatic N) is 1. The van der Waals surface area contributed by atoms with Crippen LogP contribution in [-0.4, -0.2) is 41.7 Å². The Bertz CT molecular complexity index is 497. The molecule has 22 heavy (non-hydrogen) atoms. The summed E-state index contributed by atoms with van der Waals surface area (Å²) in [5.41, 5.74) is 1.34. The quantitative estimate of drug-likeness (QED) is 0.581. The molecule has 1 aliphatic carbocycles. The normalized spacial score (nSPS) is 18.2. The SMILES string of the molecule is O=C(CN1C(=O)CCC1=O)NC(=O)NCCC1=CCCCC1. The van der Waals surface area contributed by atoms with Crippen molar-refractivity contribution in [3.8, 4) is 0 Å². The number of allylic oxidation sites excluding steroid dienone is 1. The molecule has 0 unspecified atom stereocenters. The first kappa shape index (κ1) is 16.2. The van der Waals surface area contributed by atoms with Crippen molar-refractivity contribution in [3.63, 3.8) is 0 Å². The Labute approximate surface area is 129 Å². The average molecular weight is 307 g/mol. The number of hydrogen-bond donors (Lipinski definition) is 2. The summed E-state index contributed by atoms with van der Waals surface area (Å²) in [6.07, 6.45) is 7.83. The van der Waals surface area contributed by atoms with Crippen molar-refractivity contribution in [3.05, 3.63) is 11.6 Å². The van der Waals surface area contributed by atoms with Crippen LogP contribution >= 0.6 is 0 Å². The predicted octanol–water partition coefficient (Wildman–Crippen LogP) is 0.852. The molecule has 1 fully saturated rings. The fourth-order valence-electron chi connectivity index (χ4n) is 2.62. The standard InChI is InChI=1S/C15H21N3O4/c19-12(10-18-13(20)6-7-14(18)21)17-15(22)16-9-8-11-4-2-1-3-5-11/h4H,1-3,5-10H2,(H2,16,17,19,22). The molecule has 5 amide bonds. The van der Waals surface area contributed by atoms with E-state index in [9.17, 15) is 19.2 Å². The van der Waals surface area contributed by atoms with Crippen molar-refractivity contribution in [2.24, 2.45) is 0 Å². The van der Waals surface area contributed by atoms with Gasteiger partial charge in [0.15, 0.2) is 0 Å². The molecular weight excluding hydrogens is 286 g/mol. The highest BCUT2D eigenvalue weighted by Crippen LogP contribution is 2.19. The van der Waals surface area contributed by atoms with Gasteiger partial charge in [0.2, 0.25) is 17.7 Å². The third-order valence-corrected chi connectivity index (χ3v) is 3.83. The zero-order chi connectivity index (χ0) is 15.9. The maximum Gasteiger partial charge on any atom is 0.321 e. The highest BCUT2D eigenvalue weighted by molar-refractivity contribution is 6.06. The minimum Gasteiger partial charge on any atom is -0.337 e. The van der Waals surface area contributed by atoms with Crippen molar-refractivity contribution in [2.75, 3.05) is 13.1 Å². The molecule has 7 heteroatoms. The fraction of sp³-hybridized carbons (Fsp3) is 0.600. The second kappa shape index (κ2) is 7.72. The number of urea groups is 1. The number of amides is 5. The van der Waals surface area contributed by atoms with E-state index < -0.39 is 18.5 Å². The van der Waals surface area contributed by atoms with E-state index >= 15 is 0 Å². The van der Waals surface area contributed by atoms with Crippen molar-refractivity contribution in [2.45, 2.75) is 44.9 Å².